The van der Waals surface area contributed by atoms with E-state index < -0.39 is 0 Å². The van der Waals surface area contributed by atoms with E-state index >= 15 is 0 Å². The Morgan fingerprint density at radius 2 is 1.45 bits per heavy atom. The molecule has 0 bridgehead atoms. The maximum atomic E-state index is 13.6. The second kappa shape index (κ2) is 7.28. The molecule has 5 rings (SSSR count). The zero-order valence-corrected chi connectivity index (χ0v) is 16.5. The Labute approximate surface area is 171 Å². The smallest absolute Gasteiger partial charge is 0.235 e. The van der Waals surface area contributed by atoms with Gasteiger partial charge in [-0.2, -0.15) is 0 Å². The standard InChI is InChI=1S/C25H24N2O2/c1-2-27(18-10-4-3-5-11-18)19-16-26(17-19)25(28)24-20-12-6-8-14-22(20)29-23-15-9-7-13-21(23)24/h3-15,19,24H,2,16-17H2,1H3. The first-order valence-electron chi connectivity index (χ1n) is 10.2. The number of ether oxygens (including phenoxy) is 1. The molecular weight excluding hydrogens is 360 g/mol. The summed E-state index contributed by atoms with van der Waals surface area (Å²) < 4.78 is 6.04. The molecule has 1 saturated heterocycles. The van der Waals surface area contributed by atoms with E-state index in [-0.39, 0.29) is 11.8 Å². The third-order valence-corrected chi connectivity index (χ3v) is 5.97. The Morgan fingerprint density at radius 3 is 2.03 bits per heavy atom. The number of likely N-dealkylation sites (tertiary alicyclic amines) is 1. The number of hydrogen-bond acceptors (Lipinski definition) is 3. The number of hydrogen-bond donors (Lipinski definition) is 0. The maximum Gasteiger partial charge on any atom is 0.235 e. The van der Waals surface area contributed by atoms with E-state index in [2.05, 4.69) is 36.1 Å². The van der Waals surface area contributed by atoms with Gasteiger partial charge in [-0.1, -0.05) is 54.6 Å². The van der Waals surface area contributed by atoms with Gasteiger partial charge in [0, 0.05) is 36.4 Å². The van der Waals surface area contributed by atoms with E-state index in [1.54, 1.807) is 0 Å². The number of benzene rings is 3. The van der Waals surface area contributed by atoms with Crippen molar-refractivity contribution in [2.75, 3.05) is 24.5 Å². The van der Waals surface area contributed by atoms with Gasteiger partial charge >= 0.3 is 0 Å². The van der Waals surface area contributed by atoms with Crippen LogP contribution in [0.25, 0.3) is 0 Å². The second-order valence-corrected chi connectivity index (χ2v) is 7.63. The fraction of sp³-hybridized carbons (Fsp3) is 0.240. The first-order chi connectivity index (χ1) is 14.3. The Kier molecular flexibility index (Phi) is 4.47. The number of fused-ring (bicyclic) bond motifs is 2. The van der Waals surface area contributed by atoms with Crippen LogP contribution in [0.3, 0.4) is 0 Å². The minimum absolute atomic E-state index is 0.161. The van der Waals surface area contributed by atoms with Gasteiger partial charge in [-0.15, -0.1) is 0 Å². The molecule has 0 spiro atoms. The number of likely N-dealkylation sites (N-methyl/N-ethyl adjacent to an activating group) is 1. The molecule has 0 aliphatic carbocycles. The van der Waals surface area contributed by atoms with E-state index in [9.17, 15) is 4.79 Å². The highest BCUT2D eigenvalue weighted by Gasteiger charge is 2.41. The lowest BCUT2D eigenvalue weighted by Crippen LogP contribution is -2.62. The van der Waals surface area contributed by atoms with Crippen molar-refractivity contribution in [1.29, 1.82) is 0 Å². The summed E-state index contributed by atoms with van der Waals surface area (Å²) in [6, 6.07) is 26.6. The molecule has 2 aliphatic heterocycles. The van der Waals surface area contributed by atoms with Crippen molar-refractivity contribution in [3.05, 3.63) is 90.0 Å². The van der Waals surface area contributed by atoms with Crippen LogP contribution in [0, 0.1) is 0 Å². The average Bonchev–Trinajstić information content (AvgIpc) is 2.74. The van der Waals surface area contributed by atoms with Gasteiger partial charge in [-0.05, 0) is 31.2 Å². The summed E-state index contributed by atoms with van der Waals surface area (Å²) in [5, 5.41) is 0. The summed E-state index contributed by atoms with van der Waals surface area (Å²) in [5.41, 5.74) is 3.12. The zero-order valence-electron chi connectivity index (χ0n) is 16.5. The van der Waals surface area contributed by atoms with Crippen molar-refractivity contribution in [3.8, 4) is 11.5 Å². The molecule has 1 amide bonds. The zero-order chi connectivity index (χ0) is 19.8. The highest BCUT2D eigenvalue weighted by atomic mass is 16.5. The van der Waals surface area contributed by atoms with Crippen molar-refractivity contribution < 1.29 is 9.53 Å². The Balaban J connectivity index is 1.39. The Hall–Kier alpha value is -3.27. The van der Waals surface area contributed by atoms with Gasteiger partial charge in [-0.25, -0.2) is 0 Å². The van der Waals surface area contributed by atoms with E-state index in [0.717, 1.165) is 42.3 Å². The number of rotatable bonds is 4. The molecule has 0 atom stereocenters. The topological polar surface area (TPSA) is 32.8 Å². The monoisotopic (exact) mass is 384 g/mol. The van der Waals surface area contributed by atoms with Crippen molar-refractivity contribution in [1.82, 2.24) is 4.90 Å². The minimum Gasteiger partial charge on any atom is -0.457 e. The molecule has 2 heterocycles. The van der Waals surface area contributed by atoms with Gasteiger partial charge < -0.3 is 14.5 Å². The molecule has 3 aromatic carbocycles. The number of para-hydroxylation sites is 3. The van der Waals surface area contributed by atoms with Gasteiger partial charge in [0.15, 0.2) is 0 Å². The van der Waals surface area contributed by atoms with Crippen LogP contribution in [0.15, 0.2) is 78.9 Å². The molecule has 4 nitrogen and oxygen atoms in total. The lowest BCUT2D eigenvalue weighted by Gasteiger charge is -2.47. The fourth-order valence-electron chi connectivity index (χ4n) is 4.46. The fourth-order valence-corrected chi connectivity index (χ4v) is 4.46. The largest absolute Gasteiger partial charge is 0.457 e. The summed E-state index contributed by atoms with van der Waals surface area (Å²) in [5.74, 6) is 1.42. The summed E-state index contributed by atoms with van der Waals surface area (Å²) in [4.78, 5) is 17.9. The van der Waals surface area contributed by atoms with Gasteiger partial charge in [-0.3, -0.25) is 4.79 Å². The quantitative estimate of drug-likeness (QED) is 0.656. The predicted molar refractivity (Wildman–Crippen MR) is 115 cm³/mol. The molecule has 2 aliphatic rings. The summed E-state index contributed by atoms with van der Waals surface area (Å²) in [6.07, 6.45) is 0. The molecule has 146 valence electrons. The summed E-state index contributed by atoms with van der Waals surface area (Å²) >= 11 is 0. The molecule has 4 heteroatoms. The predicted octanol–water partition coefficient (Wildman–Crippen LogP) is 4.66. The van der Waals surface area contributed by atoms with Gasteiger partial charge in [0.2, 0.25) is 5.91 Å². The molecule has 0 N–H and O–H groups in total. The van der Waals surface area contributed by atoms with E-state index in [0.29, 0.717) is 6.04 Å². The highest BCUT2D eigenvalue weighted by molar-refractivity contribution is 5.90. The lowest BCUT2D eigenvalue weighted by atomic mass is 9.85. The van der Waals surface area contributed by atoms with Crippen molar-refractivity contribution in [2.45, 2.75) is 18.9 Å². The molecule has 3 aromatic rings. The third kappa shape index (κ3) is 3.05. The second-order valence-electron chi connectivity index (χ2n) is 7.63. The van der Waals surface area contributed by atoms with Crippen LogP contribution in [0.5, 0.6) is 11.5 Å². The molecule has 1 fully saturated rings. The van der Waals surface area contributed by atoms with Crippen molar-refractivity contribution >= 4 is 11.6 Å². The summed E-state index contributed by atoms with van der Waals surface area (Å²) in [6.45, 7) is 4.61. The van der Waals surface area contributed by atoms with Crippen LogP contribution in [0.4, 0.5) is 5.69 Å². The van der Waals surface area contributed by atoms with Crippen LogP contribution in [0.2, 0.25) is 0 Å². The number of carbonyl (C=O) groups excluding carboxylic acids is 1. The molecule has 0 saturated carbocycles. The minimum atomic E-state index is -0.302. The maximum absolute atomic E-state index is 13.6. The third-order valence-electron chi connectivity index (χ3n) is 5.97. The molecule has 0 unspecified atom stereocenters. The highest BCUT2D eigenvalue weighted by Crippen LogP contribution is 2.45. The van der Waals surface area contributed by atoms with Crippen LogP contribution in [-0.2, 0) is 4.79 Å². The van der Waals surface area contributed by atoms with Crippen LogP contribution in [0.1, 0.15) is 24.0 Å². The van der Waals surface area contributed by atoms with Crippen LogP contribution in [-0.4, -0.2) is 36.5 Å². The number of amides is 1. The van der Waals surface area contributed by atoms with E-state index in [1.165, 1.54) is 5.69 Å². The Bertz CT molecular complexity index is 982. The van der Waals surface area contributed by atoms with E-state index in [4.69, 9.17) is 4.74 Å². The average molecular weight is 384 g/mol. The Morgan fingerprint density at radius 1 is 0.897 bits per heavy atom. The molecular formula is C25H24N2O2. The number of nitrogens with zero attached hydrogens (tertiary/aromatic N) is 2. The van der Waals surface area contributed by atoms with E-state index in [1.807, 2.05) is 59.5 Å². The SMILES string of the molecule is CCN(c1ccccc1)C1CN(C(=O)C2c3ccccc3Oc3ccccc32)C1. The molecule has 29 heavy (non-hydrogen) atoms. The first kappa shape index (κ1) is 17.8. The lowest BCUT2D eigenvalue weighted by molar-refractivity contribution is -0.136. The van der Waals surface area contributed by atoms with Crippen molar-refractivity contribution in [2.24, 2.45) is 0 Å². The molecule has 0 radical (unpaired) electrons. The molecule has 0 aromatic heterocycles. The van der Waals surface area contributed by atoms with Crippen LogP contribution >= 0.6 is 0 Å². The summed E-state index contributed by atoms with van der Waals surface area (Å²) in [7, 11) is 0. The van der Waals surface area contributed by atoms with Gasteiger partial charge in [0.05, 0.1) is 12.0 Å². The van der Waals surface area contributed by atoms with Crippen LogP contribution < -0.4 is 9.64 Å². The van der Waals surface area contributed by atoms with Crippen molar-refractivity contribution in [3.63, 3.8) is 0 Å². The van der Waals surface area contributed by atoms with Gasteiger partial charge in [0.25, 0.3) is 0 Å². The first-order valence-corrected chi connectivity index (χ1v) is 10.2. The number of carbonyl (C=O) groups is 1. The normalized spacial score (nSPS) is 15.7. The number of anilines is 1. The van der Waals surface area contributed by atoms with Gasteiger partial charge in [0.1, 0.15) is 11.5 Å².